The molecule has 1 aliphatic carbocycles. The highest BCUT2D eigenvalue weighted by molar-refractivity contribution is 6.09. The standard InChI is InChI=1S/C20H22FN5O3/c1-24-15-9-16(25-6-3-20(4-7-25)10-12(27)11-20)14(21)8-13(15)18(23-24)26-5-2-17(28)22-19(26)29/h8-9H,2-7,10-11H2,1H3,(H,22,28,29). The number of hydrogen-bond donors (Lipinski definition) is 1. The third-order valence-corrected chi connectivity index (χ3v) is 6.52. The SMILES string of the molecule is Cn1nc(N2CCC(=O)NC2=O)c2cc(F)c(N3CCC4(CC3)CC(=O)C4)cc21. The molecule has 1 aromatic carbocycles. The second kappa shape index (κ2) is 6.27. The van der Waals surface area contributed by atoms with E-state index in [1.807, 2.05) is 4.90 Å². The molecular weight excluding hydrogens is 377 g/mol. The van der Waals surface area contributed by atoms with Gasteiger partial charge in [0, 0.05) is 51.3 Å². The van der Waals surface area contributed by atoms with Gasteiger partial charge in [0.1, 0.15) is 11.6 Å². The van der Waals surface area contributed by atoms with Crippen molar-refractivity contribution in [3.05, 3.63) is 17.9 Å². The van der Waals surface area contributed by atoms with E-state index in [4.69, 9.17) is 0 Å². The molecular formula is C20H22FN5O3. The molecule has 0 bridgehead atoms. The molecule has 3 amide bonds. The maximum absolute atomic E-state index is 15.1. The second-order valence-corrected chi connectivity index (χ2v) is 8.40. The monoisotopic (exact) mass is 399 g/mol. The molecule has 1 saturated carbocycles. The molecule has 29 heavy (non-hydrogen) atoms. The fraction of sp³-hybridized carbons (Fsp3) is 0.500. The molecule has 3 fully saturated rings. The van der Waals surface area contributed by atoms with E-state index in [0.29, 0.717) is 35.5 Å². The number of piperidine rings is 1. The molecule has 2 aliphatic heterocycles. The molecule has 3 heterocycles. The van der Waals surface area contributed by atoms with Gasteiger partial charge in [-0.25, -0.2) is 9.18 Å². The van der Waals surface area contributed by atoms with E-state index in [1.54, 1.807) is 17.8 Å². The quantitative estimate of drug-likeness (QED) is 0.836. The number of hydrogen-bond acceptors (Lipinski definition) is 5. The summed E-state index contributed by atoms with van der Waals surface area (Å²) < 4.78 is 16.7. The van der Waals surface area contributed by atoms with Gasteiger partial charge in [0.25, 0.3) is 0 Å². The molecule has 5 rings (SSSR count). The number of anilines is 2. The summed E-state index contributed by atoms with van der Waals surface area (Å²) in [5.74, 6) is -0.00249. The third kappa shape index (κ3) is 2.87. The highest BCUT2D eigenvalue weighted by atomic mass is 19.1. The average molecular weight is 399 g/mol. The number of carbonyl (C=O) groups is 3. The Bertz CT molecular complexity index is 1040. The summed E-state index contributed by atoms with van der Waals surface area (Å²) in [5.41, 5.74) is 1.37. The van der Waals surface area contributed by atoms with Crippen LogP contribution in [0.25, 0.3) is 10.9 Å². The van der Waals surface area contributed by atoms with E-state index in [2.05, 4.69) is 10.4 Å². The Morgan fingerprint density at radius 1 is 1.10 bits per heavy atom. The summed E-state index contributed by atoms with van der Waals surface area (Å²) in [5, 5.41) is 7.23. The lowest BCUT2D eigenvalue weighted by atomic mass is 9.62. The van der Waals surface area contributed by atoms with Crippen molar-refractivity contribution in [3.8, 4) is 0 Å². The maximum Gasteiger partial charge on any atom is 0.329 e. The number of amides is 3. The number of Topliss-reactive ketones (excluding diaryl/α,β-unsaturated/α-hetero) is 1. The van der Waals surface area contributed by atoms with E-state index in [9.17, 15) is 14.4 Å². The number of ketones is 1. The number of rotatable bonds is 2. The van der Waals surface area contributed by atoms with Gasteiger partial charge in [-0.15, -0.1) is 0 Å². The first-order valence-corrected chi connectivity index (χ1v) is 9.89. The summed E-state index contributed by atoms with van der Waals surface area (Å²) in [4.78, 5) is 38.4. The molecule has 9 heteroatoms. The van der Waals surface area contributed by atoms with Crippen molar-refractivity contribution in [1.29, 1.82) is 0 Å². The van der Waals surface area contributed by atoms with E-state index in [0.717, 1.165) is 31.4 Å². The van der Waals surface area contributed by atoms with Gasteiger partial charge in [-0.05, 0) is 30.4 Å². The Kier molecular flexibility index (Phi) is 3.91. The van der Waals surface area contributed by atoms with Crippen LogP contribution in [0, 0.1) is 11.2 Å². The molecule has 152 valence electrons. The van der Waals surface area contributed by atoms with Crippen LogP contribution in [0.4, 0.5) is 20.7 Å². The number of carbonyl (C=O) groups excluding carboxylic acids is 3. The third-order valence-electron chi connectivity index (χ3n) is 6.52. The minimum atomic E-state index is -0.540. The van der Waals surface area contributed by atoms with Gasteiger partial charge in [-0.3, -0.25) is 24.5 Å². The lowest BCUT2D eigenvalue weighted by molar-refractivity contribution is -0.133. The van der Waals surface area contributed by atoms with E-state index in [-0.39, 0.29) is 30.1 Å². The van der Waals surface area contributed by atoms with Gasteiger partial charge in [-0.1, -0.05) is 0 Å². The Hall–Kier alpha value is -2.97. The maximum atomic E-state index is 15.1. The van der Waals surface area contributed by atoms with Crippen LogP contribution in [-0.2, 0) is 16.6 Å². The molecule has 1 aromatic heterocycles. The predicted octanol–water partition coefficient (Wildman–Crippen LogP) is 2.11. The van der Waals surface area contributed by atoms with Crippen molar-refractivity contribution in [2.75, 3.05) is 29.4 Å². The zero-order valence-electron chi connectivity index (χ0n) is 16.2. The van der Waals surface area contributed by atoms with Crippen molar-refractivity contribution in [1.82, 2.24) is 15.1 Å². The van der Waals surface area contributed by atoms with E-state index < -0.39 is 6.03 Å². The topological polar surface area (TPSA) is 87.5 Å². The van der Waals surface area contributed by atoms with Crippen LogP contribution in [0.15, 0.2) is 12.1 Å². The molecule has 2 aromatic rings. The van der Waals surface area contributed by atoms with Gasteiger partial charge in [-0.2, -0.15) is 5.10 Å². The summed E-state index contributed by atoms with van der Waals surface area (Å²) in [6, 6.07) is 2.66. The summed E-state index contributed by atoms with van der Waals surface area (Å²) in [6.07, 6.45) is 3.30. The Morgan fingerprint density at radius 3 is 2.48 bits per heavy atom. The highest BCUT2D eigenvalue weighted by Crippen LogP contribution is 2.47. The smallest absolute Gasteiger partial charge is 0.329 e. The summed E-state index contributed by atoms with van der Waals surface area (Å²) >= 11 is 0. The number of nitrogens with zero attached hydrogens (tertiary/aromatic N) is 4. The van der Waals surface area contributed by atoms with E-state index in [1.165, 1.54) is 11.0 Å². The summed E-state index contributed by atoms with van der Waals surface area (Å²) in [7, 11) is 1.76. The number of halogens is 1. The predicted molar refractivity (Wildman–Crippen MR) is 104 cm³/mol. The molecule has 1 N–H and O–H groups in total. The number of imide groups is 1. The van der Waals surface area contributed by atoms with Crippen molar-refractivity contribution >= 4 is 40.1 Å². The van der Waals surface area contributed by atoms with Gasteiger partial charge in [0.15, 0.2) is 5.82 Å². The van der Waals surface area contributed by atoms with Crippen molar-refractivity contribution in [3.63, 3.8) is 0 Å². The first kappa shape index (κ1) is 18.1. The number of aromatic nitrogens is 2. The first-order chi connectivity index (χ1) is 13.8. The zero-order valence-corrected chi connectivity index (χ0v) is 16.2. The van der Waals surface area contributed by atoms with Crippen LogP contribution < -0.4 is 15.1 Å². The number of fused-ring (bicyclic) bond motifs is 1. The number of urea groups is 1. The van der Waals surface area contributed by atoms with Crippen molar-refractivity contribution in [2.24, 2.45) is 12.5 Å². The largest absolute Gasteiger partial charge is 0.369 e. The van der Waals surface area contributed by atoms with Crippen LogP contribution in [0.5, 0.6) is 0 Å². The first-order valence-electron chi connectivity index (χ1n) is 9.89. The fourth-order valence-electron chi connectivity index (χ4n) is 4.82. The number of aryl methyl sites for hydroxylation is 1. The molecule has 3 aliphatic rings. The van der Waals surface area contributed by atoms with Crippen molar-refractivity contribution < 1.29 is 18.8 Å². The number of nitrogens with one attached hydrogen (secondary N) is 1. The summed E-state index contributed by atoms with van der Waals surface area (Å²) in [6.45, 7) is 1.65. The van der Waals surface area contributed by atoms with E-state index >= 15 is 4.39 Å². The Morgan fingerprint density at radius 2 is 1.83 bits per heavy atom. The highest BCUT2D eigenvalue weighted by Gasteiger charge is 2.45. The lowest BCUT2D eigenvalue weighted by Gasteiger charge is -2.47. The van der Waals surface area contributed by atoms with Gasteiger partial charge in [0.2, 0.25) is 5.91 Å². The lowest BCUT2D eigenvalue weighted by Crippen LogP contribution is -2.49. The molecule has 0 atom stereocenters. The molecule has 2 saturated heterocycles. The second-order valence-electron chi connectivity index (χ2n) is 8.40. The Labute approximate surface area is 166 Å². The Balaban J connectivity index is 1.45. The van der Waals surface area contributed by atoms with Crippen LogP contribution in [0.1, 0.15) is 32.1 Å². The van der Waals surface area contributed by atoms with Crippen LogP contribution in [-0.4, -0.2) is 47.1 Å². The van der Waals surface area contributed by atoms with Crippen LogP contribution >= 0.6 is 0 Å². The minimum Gasteiger partial charge on any atom is -0.369 e. The van der Waals surface area contributed by atoms with Crippen molar-refractivity contribution in [2.45, 2.75) is 32.1 Å². The minimum absolute atomic E-state index is 0.132. The number of benzene rings is 1. The molecule has 1 spiro atoms. The molecule has 0 unspecified atom stereocenters. The van der Waals surface area contributed by atoms with Gasteiger partial charge >= 0.3 is 6.03 Å². The van der Waals surface area contributed by atoms with Gasteiger partial charge < -0.3 is 4.90 Å². The van der Waals surface area contributed by atoms with Gasteiger partial charge in [0.05, 0.1) is 11.2 Å². The fourth-order valence-corrected chi connectivity index (χ4v) is 4.82. The van der Waals surface area contributed by atoms with Crippen LogP contribution in [0.3, 0.4) is 0 Å². The normalized spacial score (nSPS) is 21.7. The molecule has 8 nitrogen and oxygen atoms in total. The average Bonchev–Trinajstić information content (AvgIpc) is 2.96. The molecule has 0 radical (unpaired) electrons. The van der Waals surface area contributed by atoms with Crippen LogP contribution in [0.2, 0.25) is 0 Å². The zero-order chi connectivity index (χ0) is 20.3.